The van der Waals surface area contributed by atoms with Crippen LogP contribution in [0.1, 0.15) is 10.4 Å². The summed E-state index contributed by atoms with van der Waals surface area (Å²) in [6.45, 7) is 1.27. The first-order valence-corrected chi connectivity index (χ1v) is 17.9. The van der Waals surface area contributed by atoms with Crippen LogP contribution in [0.3, 0.4) is 0 Å². The third-order valence-electron chi connectivity index (χ3n) is 3.31. The van der Waals surface area contributed by atoms with E-state index in [-0.39, 0.29) is 0 Å². The van der Waals surface area contributed by atoms with Crippen LogP contribution >= 0.6 is 11.3 Å². The summed E-state index contributed by atoms with van der Waals surface area (Å²) in [7, 11) is 0. The predicted molar refractivity (Wildman–Crippen MR) is 91.5 cm³/mol. The Bertz CT molecular complexity index is 673. The SMILES string of the molecule is [CH3][Sn]([CH3])([CH3])[c]1cc(/C=C/c2scc3c2OCCO3)ccn1. The van der Waals surface area contributed by atoms with E-state index in [1.165, 1.54) is 9.27 Å². The summed E-state index contributed by atoms with van der Waals surface area (Å²) in [5, 5.41) is 2.01. The van der Waals surface area contributed by atoms with Crippen LogP contribution in [0.5, 0.6) is 11.5 Å². The molecule has 1 aliphatic heterocycles. The van der Waals surface area contributed by atoms with Gasteiger partial charge in [-0.25, -0.2) is 0 Å². The zero-order valence-corrected chi connectivity index (χ0v) is 16.2. The zero-order valence-electron chi connectivity index (χ0n) is 12.6. The van der Waals surface area contributed by atoms with Crippen LogP contribution in [-0.4, -0.2) is 36.6 Å². The van der Waals surface area contributed by atoms with E-state index >= 15 is 0 Å². The molecule has 0 spiro atoms. The van der Waals surface area contributed by atoms with Gasteiger partial charge in [0.2, 0.25) is 0 Å². The van der Waals surface area contributed by atoms with Gasteiger partial charge in [-0.2, -0.15) is 0 Å². The first-order valence-electron chi connectivity index (χ1n) is 7.06. The van der Waals surface area contributed by atoms with Gasteiger partial charge in [-0.1, -0.05) is 0 Å². The molecule has 0 aliphatic carbocycles. The van der Waals surface area contributed by atoms with E-state index in [2.05, 4.69) is 44.1 Å². The number of hydrogen-bond donors (Lipinski definition) is 0. The van der Waals surface area contributed by atoms with Crippen molar-refractivity contribution in [2.75, 3.05) is 13.2 Å². The summed E-state index contributed by atoms with van der Waals surface area (Å²) in [4.78, 5) is 12.8. The van der Waals surface area contributed by atoms with E-state index in [0.717, 1.165) is 16.4 Å². The molecule has 0 amide bonds. The molecule has 0 unspecified atom stereocenters. The van der Waals surface area contributed by atoms with Gasteiger partial charge < -0.3 is 0 Å². The number of nitrogens with zero attached hydrogens (tertiary/aromatic N) is 1. The fraction of sp³-hybridized carbons (Fsp3) is 0.312. The maximum absolute atomic E-state index is 5.69. The molecule has 3 nitrogen and oxygen atoms in total. The Morgan fingerprint density at radius 3 is 2.81 bits per heavy atom. The third-order valence-corrected chi connectivity index (χ3v) is 9.38. The molecule has 0 saturated heterocycles. The van der Waals surface area contributed by atoms with Crippen molar-refractivity contribution in [1.82, 2.24) is 4.98 Å². The molecule has 0 aromatic carbocycles. The number of thiophene rings is 1. The van der Waals surface area contributed by atoms with Crippen molar-refractivity contribution in [2.45, 2.75) is 14.8 Å². The van der Waals surface area contributed by atoms with Gasteiger partial charge in [-0.05, 0) is 0 Å². The fourth-order valence-corrected chi connectivity index (χ4v) is 5.98. The monoisotopic (exact) mass is 409 g/mol. The van der Waals surface area contributed by atoms with E-state index in [1.807, 2.05) is 11.6 Å². The van der Waals surface area contributed by atoms with Gasteiger partial charge in [0, 0.05) is 0 Å². The van der Waals surface area contributed by atoms with E-state index < -0.39 is 18.4 Å². The number of aromatic nitrogens is 1. The topological polar surface area (TPSA) is 31.4 Å². The number of hydrogen-bond acceptors (Lipinski definition) is 4. The van der Waals surface area contributed by atoms with Crippen LogP contribution < -0.4 is 13.2 Å². The molecule has 0 atom stereocenters. The number of fused-ring (bicyclic) bond motifs is 1. The molecule has 1 aliphatic rings. The number of pyridine rings is 1. The molecule has 0 fully saturated rings. The summed E-state index contributed by atoms with van der Waals surface area (Å²) >= 11 is -0.447. The van der Waals surface area contributed by atoms with Crippen molar-refractivity contribution in [3.05, 3.63) is 34.2 Å². The maximum atomic E-state index is 5.69. The minimum absolute atomic E-state index is 0.627. The van der Waals surface area contributed by atoms with Gasteiger partial charge in [-0.3, -0.25) is 0 Å². The summed E-state index contributed by atoms with van der Waals surface area (Å²) < 4.78 is 12.6. The molecule has 2 aromatic rings. The Morgan fingerprint density at radius 1 is 1.19 bits per heavy atom. The van der Waals surface area contributed by atoms with E-state index in [1.54, 1.807) is 11.3 Å². The molecule has 0 bridgehead atoms. The van der Waals surface area contributed by atoms with E-state index in [0.29, 0.717) is 13.2 Å². The molecule has 0 saturated carbocycles. The molecular weight excluding hydrogens is 389 g/mol. The van der Waals surface area contributed by atoms with Crippen LogP contribution in [0, 0.1) is 0 Å². The van der Waals surface area contributed by atoms with Crippen LogP contribution in [0.4, 0.5) is 0 Å². The van der Waals surface area contributed by atoms with Crippen LogP contribution in [-0.2, 0) is 0 Å². The molecule has 2 aromatic heterocycles. The predicted octanol–water partition coefficient (Wildman–Crippen LogP) is 3.63. The first kappa shape index (κ1) is 14.9. The summed E-state index contributed by atoms with van der Waals surface area (Å²) in [6, 6.07) is 4.28. The molecule has 21 heavy (non-hydrogen) atoms. The molecule has 0 radical (unpaired) electrons. The molecule has 5 heteroatoms. The van der Waals surface area contributed by atoms with Crippen molar-refractivity contribution in [2.24, 2.45) is 0 Å². The number of rotatable bonds is 3. The fourth-order valence-electron chi connectivity index (χ4n) is 2.13. The second-order valence-corrected chi connectivity index (χ2v) is 21.3. The Morgan fingerprint density at radius 2 is 2.00 bits per heavy atom. The van der Waals surface area contributed by atoms with Crippen molar-refractivity contribution >= 4 is 45.6 Å². The van der Waals surface area contributed by atoms with Gasteiger partial charge in [0.15, 0.2) is 0 Å². The van der Waals surface area contributed by atoms with Crippen molar-refractivity contribution in [1.29, 1.82) is 0 Å². The van der Waals surface area contributed by atoms with Crippen LogP contribution in [0.25, 0.3) is 12.2 Å². The molecule has 3 heterocycles. The van der Waals surface area contributed by atoms with Gasteiger partial charge in [0.25, 0.3) is 0 Å². The van der Waals surface area contributed by atoms with Gasteiger partial charge >= 0.3 is 134 Å². The Labute approximate surface area is 133 Å². The first-order chi connectivity index (χ1) is 10.0. The second-order valence-electron chi connectivity index (χ2n) is 6.05. The molecular formula is C16H19NO2SSn. The van der Waals surface area contributed by atoms with Crippen molar-refractivity contribution in [3.8, 4) is 11.5 Å². The summed E-state index contributed by atoms with van der Waals surface area (Å²) in [5.41, 5.74) is 1.20. The molecule has 0 N–H and O–H groups in total. The average molecular weight is 408 g/mol. The van der Waals surface area contributed by atoms with Crippen molar-refractivity contribution < 1.29 is 9.47 Å². The third kappa shape index (κ3) is 3.43. The Balaban J connectivity index is 1.85. The second kappa shape index (κ2) is 6.00. The molecule has 3 rings (SSSR count). The minimum atomic E-state index is -2.10. The normalized spacial score (nSPS) is 14.6. The average Bonchev–Trinajstić information content (AvgIpc) is 2.88. The zero-order chi connectivity index (χ0) is 14.9. The van der Waals surface area contributed by atoms with Crippen molar-refractivity contribution in [3.63, 3.8) is 0 Å². The Kier molecular flexibility index (Phi) is 4.26. The number of ether oxygens (including phenoxy) is 2. The van der Waals surface area contributed by atoms with Gasteiger partial charge in [-0.15, -0.1) is 0 Å². The van der Waals surface area contributed by atoms with E-state index in [4.69, 9.17) is 9.47 Å². The summed E-state index contributed by atoms with van der Waals surface area (Å²) in [5.74, 6) is 1.75. The standard InChI is InChI=1S/C13H10NO2S.3CH3.Sn/c1(10-3-5-14-6-4-10)2-12-13-11(9-17-12)15-7-8-16-13;;;;/h1-5,9H,7-8H2;3*1H3;/b2-1+;;;;. The van der Waals surface area contributed by atoms with E-state index in [9.17, 15) is 0 Å². The van der Waals surface area contributed by atoms with Gasteiger partial charge in [0.05, 0.1) is 0 Å². The van der Waals surface area contributed by atoms with Gasteiger partial charge in [0.1, 0.15) is 0 Å². The summed E-state index contributed by atoms with van der Waals surface area (Å²) in [6.07, 6.45) is 6.16. The Hall–Kier alpha value is -1.01. The quantitative estimate of drug-likeness (QED) is 0.728. The molecule has 110 valence electrons. The van der Waals surface area contributed by atoms with Crippen LogP contribution in [0.15, 0.2) is 23.7 Å². The van der Waals surface area contributed by atoms with Crippen LogP contribution in [0.2, 0.25) is 14.8 Å².